The third-order valence-electron chi connectivity index (χ3n) is 5.11. The van der Waals surface area contributed by atoms with Gasteiger partial charge >= 0.3 is 6.03 Å². The Hall–Kier alpha value is -1.91. The first kappa shape index (κ1) is 19.4. The van der Waals surface area contributed by atoms with E-state index >= 15 is 0 Å². The predicted molar refractivity (Wildman–Crippen MR) is 101 cm³/mol. The number of carbonyl (C=O) groups is 1. The monoisotopic (exact) mass is 344 g/mol. The fraction of sp³-hybridized carbons (Fsp3) is 0.650. The summed E-state index contributed by atoms with van der Waals surface area (Å²) in [6.45, 7) is 4.69. The van der Waals surface area contributed by atoms with Crippen LogP contribution in [-0.4, -0.2) is 29.7 Å². The van der Waals surface area contributed by atoms with Crippen LogP contribution in [0.1, 0.15) is 64.4 Å². The maximum Gasteiger partial charge on any atom is 0.319 e. The summed E-state index contributed by atoms with van der Waals surface area (Å²) >= 11 is 0. The zero-order chi connectivity index (χ0) is 18.1. The Kier molecular flexibility index (Phi) is 7.41. The average Bonchev–Trinajstić information content (AvgIpc) is 2.66. The zero-order valence-electron chi connectivity index (χ0n) is 15.9. The van der Waals surface area contributed by atoms with Crippen molar-refractivity contribution in [1.82, 2.24) is 10.2 Å². The maximum atomic E-state index is 12.6. The van der Waals surface area contributed by atoms with Gasteiger partial charge in [-0.15, -0.1) is 0 Å². The van der Waals surface area contributed by atoms with Gasteiger partial charge in [-0.2, -0.15) is 10.2 Å². The number of rotatable bonds is 7. The van der Waals surface area contributed by atoms with Gasteiger partial charge in [-0.05, 0) is 31.2 Å². The summed E-state index contributed by atoms with van der Waals surface area (Å²) < 4.78 is 0. The lowest BCUT2D eigenvalue weighted by Gasteiger charge is -2.31. The molecule has 1 aliphatic rings. The number of nitrogens with one attached hydrogen (secondary N) is 1. The van der Waals surface area contributed by atoms with Gasteiger partial charge in [-0.3, -0.25) is 0 Å². The lowest BCUT2D eigenvalue weighted by Crippen LogP contribution is -2.50. The molecule has 1 aromatic rings. The molecule has 0 radical (unpaired) electrons. The van der Waals surface area contributed by atoms with E-state index < -0.39 is 5.66 Å². The number of amides is 2. The molecule has 1 fully saturated rings. The van der Waals surface area contributed by atoms with Gasteiger partial charge in [0.2, 0.25) is 0 Å². The molecule has 0 spiro atoms. The first-order chi connectivity index (χ1) is 12.1. The van der Waals surface area contributed by atoms with E-state index in [1.165, 1.54) is 19.3 Å². The van der Waals surface area contributed by atoms with Gasteiger partial charge in [0.05, 0.1) is 6.04 Å². The zero-order valence-corrected chi connectivity index (χ0v) is 15.9. The van der Waals surface area contributed by atoms with Crippen molar-refractivity contribution in [3.05, 3.63) is 35.9 Å². The van der Waals surface area contributed by atoms with Crippen LogP contribution in [0.25, 0.3) is 0 Å². The standard InChI is InChI=1S/C20H32N4O/c1-4-20(5-2,23-22-18-14-10-7-11-15-18)21-19(25)24(3)16-17-12-8-6-9-13-17/h6,8-9,12-13,18H,4-5,7,10-11,14-16H2,1-3H3,(H,21,25). The molecule has 0 aromatic heterocycles. The molecule has 2 rings (SSSR count). The van der Waals surface area contributed by atoms with Gasteiger partial charge in [0.15, 0.2) is 5.66 Å². The fourth-order valence-corrected chi connectivity index (χ4v) is 3.21. The third kappa shape index (κ3) is 5.83. The van der Waals surface area contributed by atoms with E-state index in [1.54, 1.807) is 4.90 Å². The summed E-state index contributed by atoms with van der Waals surface area (Å²) in [6.07, 6.45) is 7.50. The molecule has 1 N–H and O–H groups in total. The van der Waals surface area contributed by atoms with Crippen molar-refractivity contribution in [1.29, 1.82) is 0 Å². The highest BCUT2D eigenvalue weighted by atomic mass is 16.2. The van der Waals surface area contributed by atoms with Crippen molar-refractivity contribution < 1.29 is 4.79 Å². The molecular formula is C20H32N4O. The van der Waals surface area contributed by atoms with Gasteiger partial charge in [-0.25, -0.2) is 4.79 Å². The first-order valence-corrected chi connectivity index (χ1v) is 9.58. The molecule has 0 atom stereocenters. The van der Waals surface area contributed by atoms with Crippen LogP contribution in [0.4, 0.5) is 4.79 Å². The molecule has 0 aliphatic heterocycles. The van der Waals surface area contributed by atoms with Gasteiger partial charge in [-0.1, -0.05) is 63.4 Å². The van der Waals surface area contributed by atoms with E-state index in [0.29, 0.717) is 12.6 Å². The molecule has 5 heteroatoms. The van der Waals surface area contributed by atoms with Crippen LogP contribution in [-0.2, 0) is 6.54 Å². The lowest BCUT2D eigenvalue weighted by atomic mass is 9.96. The number of hydrogen-bond donors (Lipinski definition) is 1. The molecule has 1 saturated carbocycles. The van der Waals surface area contributed by atoms with Crippen LogP contribution in [0.5, 0.6) is 0 Å². The summed E-state index contributed by atoms with van der Waals surface area (Å²) in [6, 6.07) is 10.2. The smallest absolute Gasteiger partial charge is 0.319 e. The lowest BCUT2D eigenvalue weighted by molar-refractivity contribution is 0.185. The van der Waals surface area contributed by atoms with Gasteiger partial charge in [0.25, 0.3) is 0 Å². The second kappa shape index (κ2) is 9.54. The van der Waals surface area contributed by atoms with E-state index in [-0.39, 0.29) is 6.03 Å². The van der Waals surface area contributed by atoms with Crippen LogP contribution in [0.15, 0.2) is 40.6 Å². The van der Waals surface area contributed by atoms with Crippen LogP contribution in [0, 0.1) is 0 Å². The minimum absolute atomic E-state index is 0.102. The first-order valence-electron chi connectivity index (χ1n) is 9.58. The topological polar surface area (TPSA) is 57.1 Å². The van der Waals surface area contributed by atoms with Crippen LogP contribution in [0.2, 0.25) is 0 Å². The quantitative estimate of drug-likeness (QED) is 0.685. The molecule has 25 heavy (non-hydrogen) atoms. The Morgan fingerprint density at radius 1 is 1.16 bits per heavy atom. The number of nitrogens with zero attached hydrogens (tertiary/aromatic N) is 3. The molecule has 0 heterocycles. The number of carbonyl (C=O) groups excluding carboxylic acids is 1. The van der Waals surface area contributed by atoms with E-state index in [1.807, 2.05) is 37.4 Å². The van der Waals surface area contributed by atoms with Crippen molar-refractivity contribution >= 4 is 6.03 Å². The molecule has 1 aromatic carbocycles. The van der Waals surface area contributed by atoms with Gasteiger partial charge < -0.3 is 10.2 Å². The average molecular weight is 345 g/mol. The molecule has 138 valence electrons. The Morgan fingerprint density at radius 2 is 1.80 bits per heavy atom. The molecule has 5 nitrogen and oxygen atoms in total. The van der Waals surface area contributed by atoms with Crippen molar-refractivity contribution in [2.75, 3.05) is 7.05 Å². The molecule has 0 unspecified atom stereocenters. The predicted octanol–water partition coefficient (Wildman–Crippen LogP) is 5.13. The summed E-state index contributed by atoms with van der Waals surface area (Å²) in [5, 5.41) is 12.3. The van der Waals surface area contributed by atoms with Crippen LogP contribution < -0.4 is 5.32 Å². The fourth-order valence-electron chi connectivity index (χ4n) is 3.21. The molecular weight excluding hydrogens is 312 g/mol. The summed E-state index contributed by atoms with van der Waals surface area (Å²) in [5.41, 5.74) is 0.516. The Bertz CT molecular complexity index is 548. The number of hydrogen-bond acceptors (Lipinski definition) is 3. The number of azo groups is 1. The third-order valence-corrected chi connectivity index (χ3v) is 5.11. The second-order valence-corrected chi connectivity index (χ2v) is 7.02. The van der Waals surface area contributed by atoms with Crippen molar-refractivity contribution in [3.63, 3.8) is 0 Å². The SMILES string of the molecule is CCC(CC)(N=NC1CCCCC1)NC(=O)N(C)Cc1ccccc1. The highest BCUT2D eigenvalue weighted by Gasteiger charge is 2.29. The number of urea groups is 1. The molecule has 1 aliphatic carbocycles. The maximum absolute atomic E-state index is 12.6. The largest absolute Gasteiger partial charge is 0.324 e. The van der Waals surface area contributed by atoms with Crippen molar-refractivity contribution in [3.8, 4) is 0 Å². The van der Waals surface area contributed by atoms with Crippen LogP contribution >= 0.6 is 0 Å². The summed E-state index contributed by atoms with van der Waals surface area (Å²) in [4.78, 5) is 14.3. The Morgan fingerprint density at radius 3 is 2.40 bits per heavy atom. The van der Waals surface area contributed by atoms with E-state index in [4.69, 9.17) is 0 Å². The normalized spacial score (nSPS) is 16.1. The van der Waals surface area contributed by atoms with Crippen LogP contribution in [0.3, 0.4) is 0 Å². The molecule has 0 bridgehead atoms. The van der Waals surface area contributed by atoms with Gasteiger partial charge in [0, 0.05) is 13.6 Å². The Labute approximate surface area is 151 Å². The molecule has 0 saturated heterocycles. The highest BCUT2D eigenvalue weighted by molar-refractivity contribution is 5.74. The van der Waals surface area contributed by atoms with E-state index in [9.17, 15) is 4.79 Å². The highest BCUT2D eigenvalue weighted by Crippen LogP contribution is 2.24. The van der Waals surface area contributed by atoms with Gasteiger partial charge in [0.1, 0.15) is 0 Å². The summed E-state index contributed by atoms with van der Waals surface area (Å²) in [7, 11) is 1.82. The summed E-state index contributed by atoms with van der Waals surface area (Å²) in [5.74, 6) is 0. The number of benzene rings is 1. The van der Waals surface area contributed by atoms with Crippen molar-refractivity contribution in [2.45, 2.75) is 77.0 Å². The second-order valence-electron chi connectivity index (χ2n) is 7.02. The Balaban J connectivity index is 1.98. The molecule has 2 amide bonds. The minimum Gasteiger partial charge on any atom is -0.324 e. The van der Waals surface area contributed by atoms with Crippen molar-refractivity contribution in [2.24, 2.45) is 10.2 Å². The van der Waals surface area contributed by atoms with E-state index in [2.05, 4.69) is 29.4 Å². The minimum atomic E-state index is -0.598. The van der Waals surface area contributed by atoms with E-state index in [0.717, 1.165) is 31.2 Å².